The molecular formula is C20H13F2N5OS. The minimum Gasteiger partial charge on any atom is -0.480 e. The lowest BCUT2D eigenvalue weighted by molar-refractivity contribution is 0.400. The van der Waals surface area contributed by atoms with Crippen LogP contribution in [0.15, 0.2) is 59.9 Å². The van der Waals surface area contributed by atoms with E-state index in [0.29, 0.717) is 22.6 Å². The van der Waals surface area contributed by atoms with Crippen molar-refractivity contribution in [2.75, 3.05) is 11.8 Å². The summed E-state index contributed by atoms with van der Waals surface area (Å²) in [5, 5.41) is 13.3. The first-order valence-electron chi connectivity index (χ1n) is 8.39. The number of methoxy groups -OCH3 is 1. The maximum absolute atomic E-state index is 13.9. The highest BCUT2D eigenvalue weighted by atomic mass is 32.2. The predicted molar refractivity (Wildman–Crippen MR) is 106 cm³/mol. The second-order valence-corrected chi connectivity index (χ2v) is 6.82. The monoisotopic (exact) mass is 409 g/mol. The molecule has 6 nitrogen and oxygen atoms in total. The van der Waals surface area contributed by atoms with Crippen molar-refractivity contribution in [3.05, 3.63) is 72.2 Å². The van der Waals surface area contributed by atoms with Crippen LogP contribution in [0.25, 0.3) is 16.6 Å². The molecule has 0 saturated heterocycles. The van der Waals surface area contributed by atoms with Crippen molar-refractivity contribution in [1.29, 1.82) is 5.26 Å². The van der Waals surface area contributed by atoms with Gasteiger partial charge < -0.3 is 9.46 Å². The average molecular weight is 409 g/mol. The first-order chi connectivity index (χ1) is 14.1. The topological polar surface area (TPSA) is 75.2 Å². The number of fused-ring (bicyclic) bond motifs is 1. The molecule has 4 aromatic rings. The second-order valence-electron chi connectivity index (χ2n) is 5.97. The zero-order valence-electron chi connectivity index (χ0n) is 15.1. The van der Waals surface area contributed by atoms with Crippen LogP contribution in [0.5, 0.6) is 5.88 Å². The maximum Gasteiger partial charge on any atom is 0.237 e. The molecule has 0 aliphatic heterocycles. The number of rotatable bonds is 5. The Morgan fingerprint density at radius 2 is 2.00 bits per heavy atom. The second kappa shape index (κ2) is 7.77. The van der Waals surface area contributed by atoms with Gasteiger partial charge in [-0.3, -0.25) is 0 Å². The van der Waals surface area contributed by atoms with Crippen LogP contribution in [-0.2, 0) is 0 Å². The molecule has 0 saturated carbocycles. The molecule has 0 radical (unpaired) electrons. The molecule has 3 aromatic heterocycles. The van der Waals surface area contributed by atoms with Gasteiger partial charge in [0.15, 0.2) is 0 Å². The fraction of sp³-hybridized carbons (Fsp3) is 0.0500. The Bertz CT molecular complexity index is 1250. The third kappa shape index (κ3) is 3.70. The van der Waals surface area contributed by atoms with E-state index in [1.54, 1.807) is 23.0 Å². The normalized spacial score (nSPS) is 10.7. The van der Waals surface area contributed by atoms with Gasteiger partial charge in [0.25, 0.3) is 0 Å². The third-order valence-corrected chi connectivity index (χ3v) is 5.06. The van der Waals surface area contributed by atoms with E-state index in [1.165, 1.54) is 25.4 Å². The number of ether oxygens (including phenoxy) is 1. The summed E-state index contributed by atoms with van der Waals surface area (Å²) >= 11 is 0.983. The predicted octanol–water partition coefficient (Wildman–Crippen LogP) is 4.67. The summed E-state index contributed by atoms with van der Waals surface area (Å²) in [5.41, 5.74) is 3.26. The molecule has 0 amide bonds. The lowest BCUT2D eigenvalue weighted by atomic mass is 10.1. The van der Waals surface area contributed by atoms with Crippen LogP contribution < -0.4 is 9.46 Å². The summed E-state index contributed by atoms with van der Waals surface area (Å²) in [4.78, 5) is 4.53. The van der Waals surface area contributed by atoms with Gasteiger partial charge in [-0.1, -0.05) is 0 Å². The molecule has 1 aromatic carbocycles. The quantitative estimate of drug-likeness (QED) is 0.483. The average Bonchev–Trinajstić information content (AvgIpc) is 3.15. The van der Waals surface area contributed by atoms with Crippen LogP contribution in [0.1, 0.15) is 5.56 Å². The highest BCUT2D eigenvalue weighted by molar-refractivity contribution is 8.00. The van der Waals surface area contributed by atoms with Gasteiger partial charge in [-0.05, 0) is 47.8 Å². The standard InChI is InChI=1S/C20H13F2N5OS/c1-28-20-17(26-29-19-3-2-15(21)8-16(19)22)6-13(10-24-20)12-4-5-27-18(7-12)14(9-23)11-25-27/h2-8,10-11,26H,1H3. The van der Waals surface area contributed by atoms with E-state index >= 15 is 0 Å². The van der Waals surface area contributed by atoms with Gasteiger partial charge in [0.05, 0.1) is 29.3 Å². The van der Waals surface area contributed by atoms with Crippen LogP contribution in [0.4, 0.5) is 14.5 Å². The molecule has 0 atom stereocenters. The summed E-state index contributed by atoms with van der Waals surface area (Å²) in [5.74, 6) is -0.979. The molecule has 0 aliphatic rings. The van der Waals surface area contributed by atoms with Crippen molar-refractivity contribution in [1.82, 2.24) is 14.6 Å². The summed E-state index contributed by atoms with van der Waals surface area (Å²) in [6.07, 6.45) is 4.90. The smallest absolute Gasteiger partial charge is 0.237 e. The maximum atomic E-state index is 13.9. The molecule has 9 heteroatoms. The lowest BCUT2D eigenvalue weighted by Gasteiger charge is -2.12. The Morgan fingerprint density at radius 3 is 2.76 bits per heavy atom. The SMILES string of the molecule is COc1ncc(-c2ccn3ncc(C#N)c3c2)cc1NSc1ccc(F)cc1F. The molecule has 0 spiro atoms. The number of aromatic nitrogens is 3. The fourth-order valence-corrected chi connectivity index (χ4v) is 3.42. The molecule has 4 rings (SSSR count). The Morgan fingerprint density at radius 1 is 1.14 bits per heavy atom. The molecular weight excluding hydrogens is 396 g/mol. The van der Waals surface area contributed by atoms with Crippen LogP contribution >= 0.6 is 11.9 Å². The van der Waals surface area contributed by atoms with Crippen LogP contribution in [0, 0.1) is 23.0 Å². The Labute approximate surface area is 168 Å². The number of hydrogen-bond donors (Lipinski definition) is 1. The van der Waals surface area contributed by atoms with Gasteiger partial charge in [-0.15, -0.1) is 0 Å². The molecule has 144 valence electrons. The molecule has 0 bridgehead atoms. The van der Waals surface area contributed by atoms with E-state index in [9.17, 15) is 14.0 Å². The van der Waals surface area contributed by atoms with Crippen LogP contribution in [0.2, 0.25) is 0 Å². The van der Waals surface area contributed by atoms with Crippen molar-refractivity contribution in [2.24, 2.45) is 0 Å². The summed E-state index contributed by atoms with van der Waals surface area (Å²) < 4.78 is 36.9. The van der Waals surface area contributed by atoms with Crippen LogP contribution in [0.3, 0.4) is 0 Å². The van der Waals surface area contributed by atoms with Gasteiger partial charge in [0.2, 0.25) is 5.88 Å². The Hall–Kier alpha value is -3.64. The Balaban J connectivity index is 1.67. The molecule has 3 heterocycles. The van der Waals surface area contributed by atoms with E-state index in [-0.39, 0.29) is 4.90 Å². The van der Waals surface area contributed by atoms with Gasteiger partial charge in [0, 0.05) is 24.0 Å². The zero-order chi connectivity index (χ0) is 20.4. The van der Waals surface area contributed by atoms with Gasteiger partial charge in [-0.2, -0.15) is 10.4 Å². The van der Waals surface area contributed by atoms with Crippen molar-refractivity contribution in [2.45, 2.75) is 4.90 Å². The number of benzene rings is 1. The van der Waals surface area contributed by atoms with Crippen molar-refractivity contribution >= 4 is 23.2 Å². The molecule has 1 N–H and O–H groups in total. The van der Waals surface area contributed by atoms with E-state index in [4.69, 9.17) is 4.74 Å². The van der Waals surface area contributed by atoms with Gasteiger partial charge in [-0.25, -0.2) is 18.3 Å². The molecule has 0 fully saturated rings. The number of nitrogens with zero attached hydrogens (tertiary/aromatic N) is 4. The number of nitriles is 1. The van der Waals surface area contributed by atoms with Crippen molar-refractivity contribution in [3.63, 3.8) is 0 Å². The number of anilines is 1. The number of hydrogen-bond acceptors (Lipinski definition) is 6. The van der Waals surface area contributed by atoms with Gasteiger partial charge in [0.1, 0.15) is 23.4 Å². The lowest BCUT2D eigenvalue weighted by Crippen LogP contribution is -1.97. The Kier molecular flexibility index (Phi) is 5.01. The zero-order valence-corrected chi connectivity index (χ0v) is 15.9. The molecule has 29 heavy (non-hydrogen) atoms. The number of nitrogens with one attached hydrogen (secondary N) is 1. The molecule has 0 unspecified atom stereocenters. The van der Waals surface area contributed by atoms with Crippen molar-refractivity contribution < 1.29 is 13.5 Å². The first-order valence-corrected chi connectivity index (χ1v) is 9.20. The highest BCUT2D eigenvalue weighted by Crippen LogP contribution is 2.33. The summed E-state index contributed by atoms with van der Waals surface area (Å²) in [7, 11) is 1.48. The third-order valence-electron chi connectivity index (χ3n) is 4.18. The number of halogens is 2. The fourth-order valence-electron chi connectivity index (χ4n) is 2.76. The van der Waals surface area contributed by atoms with Gasteiger partial charge >= 0.3 is 0 Å². The minimum atomic E-state index is -0.666. The first kappa shape index (κ1) is 18.7. The van der Waals surface area contributed by atoms with E-state index in [0.717, 1.165) is 29.1 Å². The van der Waals surface area contributed by atoms with E-state index in [1.807, 2.05) is 12.1 Å². The summed E-state index contributed by atoms with van der Waals surface area (Å²) in [6, 6.07) is 11.0. The van der Waals surface area contributed by atoms with Crippen LogP contribution in [-0.4, -0.2) is 21.7 Å². The summed E-state index contributed by atoms with van der Waals surface area (Å²) in [6.45, 7) is 0. The van der Waals surface area contributed by atoms with E-state index in [2.05, 4.69) is 20.9 Å². The number of pyridine rings is 2. The molecule has 0 aliphatic carbocycles. The van der Waals surface area contributed by atoms with Crippen molar-refractivity contribution in [3.8, 4) is 23.1 Å². The minimum absolute atomic E-state index is 0.234. The largest absolute Gasteiger partial charge is 0.480 e. The highest BCUT2D eigenvalue weighted by Gasteiger charge is 2.12. The van der Waals surface area contributed by atoms with E-state index < -0.39 is 11.6 Å².